The SMILES string of the molecule is C=C(C)[C@@H]1[C@@H](O)C[C@@]2(C)C(=C)CC[C@@]2(O)[C@H]1C(=O)O. The van der Waals surface area contributed by atoms with Crippen LogP contribution in [0.2, 0.25) is 0 Å². The molecule has 0 spiro atoms. The smallest absolute Gasteiger partial charge is 0.310 e. The van der Waals surface area contributed by atoms with Gasteiger partial charge in [-0.2, -0.15) is 0 Å². The highest BCUT2D eigenvalue weighted by Gasteiger charge is 2.65. The number of carboxylic acids is 1. The molecule has 2 fully saturated rings. The Balaban J connectivity index is 2.57. The summed E-state index contributed by atoms with van der Waals surface area (Å²) in [6.45, 7) is 11.3. The van der Waals surface area contributed by atoms with Crippen molar-refractivity contribution < 1.29 is 20.1 Å². The van der Waals surface area contributed by atoms with E-state index < -0.39 is 34.9 Å². The maximum atomic E-state index is 11.7. The Morgan fingerprint density at radius 2 is 2.05 bits per heavy atom. The molecule has 0 aromatic rings. The molecule has 0 radical (unpaired) electrons. The van der Waals surface area contributed by atoms with Crippen LogP contribution < -0.4 is 0 Å². The molecular formula is C15H22O4. The summed E-state index contributed by atoms with van der Waals surface area (Å²) < 4.78 is 0. The number of hydrogen-bond acceptors (Lipinski definition) is 3. The van der Waals surface area contributed by atoms with E-state index in [9.17, 15) is 20.1 Å². The summed E-state index contributed by atoms with van der Waals surface area (Å²) in [5, 5.41) is 30.9. The van der Waals surface area contributed by atoms with E-state index in [0.717, 1.165) is 5.57 Å². The van der Waals surface area contributed by atoms with Crippen molar-refractivity contribution in [1.82, 2.24) is 0 Å². The molecule has 19 heavy (non-hydrogen) atoms. The van der Waals surface area contributed by atoms with Crippen molar-refractivity contribution in [3.63, 3.8) is 0 Å². The molecule has 106 valence electrons. The molecule has 0 saturated heterocycles. The van der Waals surface area contributed by atoms with Gasteiger partial charge in [-0.15, -0.1) is 0 Å². The van der Waals surface area contributed by atoms with Gasteiger partial charge in [0.25, 0.3) is 0 Å². The minimum atomic E-state index is -1.35. The second-order valence-corrected chi connectivity index (χ2v) is 6.32. The van der Waals surface area contributed by atoms with Gasteiger partial charge in [-0.3, -0.25) is 4.79 Å². The third-order valence-corrected chi connectivity index (χ3v) is 5.28. The zero-order valence-electron chi connectivity index (χ0n) is 11.5. The van der Waals surface area contributed by atoms with Gasteiger partial charge < -0.3 is 15.3 Å². The van der Waals surface area contributed by atoms with E-state index in [1.807, 2.05) is 6.92 Å². The van der Waals surface area contributed by atoms with Crippen LogP contribution in [0.1, 0.15) is 33.1 Å². The molecule has 2 saturated carbocycles. The molecule has 2 aliphatic rings. The fourth-order valence-electron chi connectivity index (χ4n) is 4.05. The quantitative estimate of drug-likeness (QED) is 0.665. The van der Waals surface area contributed by atoms with Gasteiger partial charge >= 0.3 is 5.97 Å². The third-order valence-electron chi connectivity index (χ3n) is 5.28. The van der Waals surface area contributed by atoms with Crippen LogP contribution in [0.4, 0.5) is 0 Å². The van der Waals surface area contributed by atoms with Gasteiger partial charge in [-0.05, 0) is 26.2 Å². The topological polar surface area (TPSA) is 77.8 Å². The van der Waals surface area contributed by atoms with E-state index in [2.05, 4.69) is 13.2 Å². The number of carbonyl (C=O) groups is 1. The highest BCUT2D eigenvalue weighted by molar-refractivity contribution is 5.74. The zero-order valence-corrected chi connectivity index (χ0v) is 11.5. The highest BCUT2D eigenvalue weighted by Crippen LogP contribution is 2.61. The largest absolute Gasteiger partial charge is 0.481 e. The summed E-state index contributed by atoms with van der Waals surface area (Å²) in [5.74, 6) is -2.71. The predicted molar refractivity (Wildman–Crippen MR) is 71.5 cm³/mol. The summed E-state index contributed by atoms with van der Waals surface area (Å²) in [4.78, 5) is 11.7. The van der Waals surface area contributed by atoms with Crippen LogP contribution in [0.25, 0.3) is 0 Å². The van der Waals surface area contributed by atoms with Crippen molar-refractivity contribution in [1.29, 1.82) is 0 Å². The summed E-state index contributed by atoms with van der Waals surface area (Å²) in [6, 6.07) is 0. The summed E-state index contributed by atoms with van der Waals surface area (Å²) >= 11 is 0. The number of carboxylic acid groups (broad SMARTS) is 1. The fraction of sp³-hybridized carbons (Fsp3) is 0.667. The standard InChI is InChI=1S/C15H22O4/c1-8(2)11-10(16)7-14(4)9(3)5-6-15(14,19)12(11)13(17)18/h10-12,16,19H,1,3,5-7H2,2,4H3,(H,17,18)/t10-,11+,12+,14-,15+/m0/s1. The van der Waals surface area contributed by atoms with Crippen molar-refractivity contribution in [2.45, 2.75) is 44.8 Å². The van der Waals surface area contributed by atoms with Crippen LogP contribution in [0.3, 0.4) is 0 Å². The molecule has 0 unspecified atom stereocenters. The Morgan fingerprint density at radius 3 is 2.53 bits per heavy atom. The minimum absolute atomic E-state index is 0.337. The van der Waals surface area contributed by atoms with Gasteiger partial charge in [0.2, 0.25) is 0 Å². The van der Waals surface area contributed by atoms with Gasteiger partial charge in [-0.1, -0.05) is 31.2 Å². The Labute approximate surface area is 113 Å². The lowest BCUT2D eigenvalue weighted by Crippen LogP contribution is -2.61. The average molecular weight is 266 g/mol. The van der Waals surface area contributed by atoms with Gasteiger partial charge in [0, 0.05) is 11.3 Å². The van der Waals surface area contributed by atoms with E-state index in [1.165, 1.54) is 0 Å². The average Bonchev–Trinajstić information content (AvgIpc) is 2.50. The molecule has 0 heterocycles. The lowest BCUT2D eigenvalue weighted by Gasteiger charge is -2.53. The van der Waals surface area contributed by atoms with Crippen molar-refractivity contribution in [2.24, 2.45) is 17.3 Å². The molecule has 2 rings (SSSR count). The zero-order chi connectivity index (χ0) is 14.6. The van der Waals surface area contributed by atoms with Crippen LogP contribution in [0.5, 0.6) is 0 Å². The first-order valence-electron chi connectivity index (χ1n) is 6.62. The number of hydrogen-bond donors (Lipinski definition) is 3. The molecule has 0 aromatic heterocycles. The van der Waals surface area contributed by atoms with Gasteiger partial charge in [0.05, 0.1) is 17.6 Å². The Bertz CT molecular complexity index is 455. The van der Waals surface area contributed by atoms with Crippen LogP contribution in [-0.2, 0) is 4.79 Å². The van der Waals surface area contributed by atoms with Crippen molar-refractivity contribution in [3.8, 4) is 0 Å². The minimum Gasteiger partial charge on any atom is -0.481 e. The van der Waals surface area contributed by atoms with Crippen LogP contribution in [0.15, 0.2) is 24.3 Å². The number of rotatable bonds is 2. The molecule has 0 bridgehead atoms. The molecule has 4 heteroatoms. The first-order valence-corrected chi connectivity index (χ1v) is 6.62. The maximum absolute atomic E-state index is 11.7. The van der Waals surface area contributed by atoms with Gasteiger partial charge in [0.1, 0.15) is 0 Å². The molecule has 3 N–H and O–H groups in total. The molecule has 0 amide bonds. The summed E-state index contributed by atoms with van der Waals surface area (Å²) in [6.07, 6.45) is 0.519. The Hall–Kier alpha value is -1.13. The predicted octanol–water partition coefficient (Wildman–Crippen LogP) is 1.73. The monoisotopic (exact) mass is 266 g/mol. The second-order valence-electron chi connectivity index (χ2n) is 6.32. The molecule has 2 aliphatic carbocycles. The van der Waals surface area contributed by atoms with Crippen molar-refractivity contribution >= 4 is 5.97 Å². The van der Waals surface area contributed by atoms with Crippen LogP contribution in [0, 0.1) is 17.3 Å². The summed E-state index contributed by atoms with van der Waals surface area (Å²) in [7, 11) is 0. The van der Waals surface area contributed by atoms with Gasteiger partial charge in [0.15, 0.2) is 0 Å². The van der Waals surface area contributed by atoms with E-state index in [0.29, 0.717) is 24.8 Å². The third kappa shape index (κ3) is 1.70. The first kappa shape index (κ1) is 14.3. The second kappa shape index (κ2) is 4.18. The van der Waals surface area contributed by atoms with E-state index in [1.54, 1.807) is 6.92 Å². The van der Waals surface area contributed by atoms with Gasteiger partial charge in [-0.25, -0.2) is 0 Å². The molecular weight excluding hydrogens is 244 g/mol. The van der Waals surface area contributed by atoms with Crippen molar-refractivity contribution in [3.05, 3.63) is 24.3 Å². The van der Waals surface area contributed by atoms with E-state index in [4.69, 9.17) is 0 Å². The molecule has 5 atom stereocenters. The lowest BCUT2D eigenvalue weighted by atomic mass is 9.54. The lowest BCUT2D eigenvalue weighted by molar-refractivity contribution is -0.189. The fourth-order valence-corrected chi connectivity index (χ4v) is 4.05. The number of aliphatic hydroxyl groups is 2. The number of fused-ring (bicyclic) bond motifs is 1. The molecule has 0 aromatic carbocycles. The number of aliphatic hydroxyl groups excluding tert-OH is 1. The Morgan fingerprint density at radius 1 is 1.47 bits per heavy atom. The normalized spacial score (nSPS) is 45.9. The van der Waals surface area contributed by atoms with E-state index in [-0.39, 0.29) is 0 Å². The Kier molecular flexibility index (Phi) is 3.14. The maximum Gasteiger partial charge on any atom is 0.310 e. The molecule has 4 nitrogen and oxygen atoms in total. The first-order chi connectivity index (χ1) is 8.65. The highest BCUT2D eigenvalue weighted by atomic mass is 16.4. The summed E-state index contributed by atoms with van der Waals surface area (Å²) in [5.41, 5.74) is -0.645. The molecule has 0 aliphatic heterocycles. The number of aliphatic carboxylic acids is 1. The van der Waals surface area contributed by atoms with E-state index >= 15 is 0 Å². The van der Waals surface area contributed by atoms with Crippen molar-refractivity contribution in [2.75, 3.05) is 0 Å². The van der Waals surface area contributed by atoms with Crippen LogP contribution >= 0.6 is 0 Å². The van der Waals surface area contributed by atoms with Crippen LogP contribution in [-0.4, -0.2) is 33.0 Å².